The molecule has 7 nitrogen and oxygen atoms in total. The zero-order valence-corrected chi connectivity index (χ0v) is 11.5. The highest BCUT2D eigenvalue weighted by Gasteiger charge is 2.33. The minimum atomic E-state index is -0.999. The summed E-state index contributed by atoms with van der Waals surface area (Å²) in [6.07, 6.45) is 2.04. The van der Waals surface area contributed by atoms with E-state index in [4.69, 9.17) is 5.11 Å². The summed E-state index contributed by atoms with van der Waals surface area (Å²) < 4.78 is 0. The number of likely N-dealkylation sites (N-methyl/N-ethyl adjacent to an activating group) is 1. The number of carbonyl (C=O) groups is 3. The Bertz CT molecular complexity index is 370. The van der Waals surface area contributed by atoms with Crippen molar-refractivity contribution in [3.63, 3.8) is 0 Å². The zero-order valence-electron chi connectivity index (χ0n) is 11.5. The summed E-state index contributed by atoms with van der Waals surface area (Å²) in [4.78, 5) is 37.5. The van der Waals surface area contributed by atoms with E-state index in [9.17, 15) is 14.4 Å². The fraction of sp³-hybridized carbons (Fsp3) is 0.750. The first-order valence-corrected chi connectivity index (χ1v) is 6.35. The second-order valence-electron chi connectivity index (χ2n) is 4.95. The van der Waals surface area contributed by atoms with E-state index in [1.54, 1.807) is 21.0 Å². The number of carbonyl (C=O) groups excluding carboxylic acids is 2. The van der Waals surface area contributed by atoms with Gasteiger partial charge in [-0.3, -0.25) is 4.79 Å². The van der Waals surface area contributed by atoms with Gasteiger partial charge in [-0.2, -0.15) is 0 Å². The summed E-state index contributed by atoms with van der Waals surface area (Å²) in [5.41, 5.74) is 0. The van der Waals surface area contributed by atoms with Crippen LogP contribution in [0.4, 0.5) is 4.79 Å². The Labute approximate surface area is 112 Å². The maximum absolute atomic E-state index is 12.0. The molecule has 7 heteroatoms. The molecule has 19 heavy (non-hydrogen) atoms. The standard InChI is InChI=1S/C12H21N3O4/c1-8(10(16)14(2)3)13-12(19)15-7-5-4-6-9(15)11(17)18/h8-9H,4-7H2,1-3H3,(H,13,19)(H,17,18). The zero-order chi connectivity index (χ0) is 14.6. The summed E-state index contributed by atoms with van der Waals surface area (Å²) in [6.45, 7) is 1.99. The molecule has 1 aliphatic rings. The van der Waals surface area contributed by atoms with Crippen molar-refractivity contribution in [3.8, 4) is 0 Å². The second kappa shape index (κ2) is 6.40. The number of aliphatic carboxylic acids is 1. The van der Waals surface area contributed by atoms with Crippen molar-refractivity contribution in [1.29, 1.82) is 0 Å². The molecule has 0 aromatic heterocycles. The Morgan fingerprint density at radius 1 is 1.32 bits per heavy atom. The van der Waals surface area contributed by atoms with Crippen molar-refractivity contribution in [3.05, 3.63) is 0 Å². The van der Waals surface area contributed by atoms with Gasteiger partial charge in [0, 0.05) is 20.6 Å². The molecule has 0 spiro atoms. The minimum Gasteiger partial charge on any atom is -0.480 e. The molecule has 1 heterocycles. The molecular formula is C12H21N3O4. The lowest BCUT2D eigenvalue weighted by Gasteiger charge is -2.33. The van der Waals surface area contributed by atoms with Gasteiger partial charge in [-0.15, -0.1) is 0 Å². The number of nitrogens with one attached hydrogen (secondary N) is 1. The first-order chi connectivity index (χ1) is 8.84. The van der Waals surface area contributed by atoms with Gasteiger partial charge in [0.1, 0.15) is 12.1 Å². The van der Waals surface area contributed by atoms with Gasteiger partial charge in [0.15, 0.2) is 0 Å². The maximum atomic E-state index is 12.0. The predicted molar refractivity (Wildman–Crippen MR) is 68.7 cm³/mol. The van der Waals surface area contributed by atoms with Crippen molar-refractivity contribution < 1.29 is 19.5 Å². The summed E-state index contributed by atoms with van der Waals surface area (Å²) in [7, 11) is 3.21. The molecule has 1 saturated heterocycles. The molecule has 0 saturated carbocycles. The SMILES string of the molecule is CC(NC(=O)N1CCCCC1C(=O)O)C(=O)N(C)C. The molecule has 0 aliphatic carbocycles. The van der Waals surface area contributed by atoms with Gasteiger partial charge in [-0.1, -0.05) is 0 Å². The lowest BCUT2D eigenvalue weighted by atomic mass is 10.0. The molecule has 2 atom stereocenters. The van der Waals surface area contributed by atoms with E-state index in [1.807, 2.05) is 0 Å². The third kappa shape index (κ3) is 3.84. The predicted octanol–water partition coefficient (Wildman–Crippen LogP) is 0.112. The molecule has 0 radical (unpaired) electrons. The van der Waals surface area contributed by atoms with Crippen LogP contribution < -0.4 is 5.32 Å². The number of urea groups is 1. The van der Waals surface area contributed by atoms with E-state index in [0.717, 1.165) is 12.8 Å². The summed E-state index contributed by atoms with van der Waals surface area (Å²) in [5, 5.41) is 11.6. The Morgan fingerprint density at radius 3 is 2.47 bits per heavy atom. The molecule has 0 bridgehead atoms. The highest BCUT2D eigenvalue weighted by molar-refractivity contribution is 5.88. The van der Waals surface area contributed by atoms with Gasteiger partial charge in [-0.05, 0) is 26.2 Å². The quantitative estimate of drug-likeness (QED) is 0.762. The smallest absolute Gasteiger partial charge is 0.326 e. The largest absolute Gasteiger partial charge is 0.480 e. The second-order valence-corrected chi connectivity index (χ2v) is 4.95. The maximum Gasteiger partial charge on any atom is 0.326 e. The molecular weight excluding hydrogens is 250 g/mol. The topological polar surface area (TPSA) is 90.0 Å². The van der Waals surface area contributed by atoms with E-state index < -0.39 is 24.1 Å². The number of hydrogen-bond acceptors (Lipinski definition) is 3. The van der Waals surface area contributed by atoms with Crippen LogP contribution in [0.5, 0.6) is 0 Å². The number of amides is 3. The Balaban J connectivity index is 2.65. The molecule has 1 fully saturated rings. The monoisotopic (exact) mass is 271 g/mol. The number of hydrogen-bond donors (Lipinski definition) is 2. The van der Waals surface area contributed by atoms with Gasteiger partial charge in [0.05, 0.1) is 0 Å². The molecule has 3 amide bonds. The van der Waals surface area contributed by atoms with Crippen molar-refractivity contribution in [1.82, 2.24) is 15.1 Å². The fourth-order valence-corrected chi connectivity index (χ4v) is 2.15. The van der Waals surface area contributed by atoms with E-state index >= 15 is 0 Å². The first-order valence-electron chi connectivity index (χ1n) is 6.35. The van der Waals surface area contributed by atoms with Crippen LogP contribution in [0.15, 0.2) is 0 Å². The molecule has 1 rings (SSSR count). The van der Waals surface area contributed by atoms with E-state index in [1.165, 1.54) is 9.80 Å². The molecule has 2 unspecified atom stereocenters. The summed E-state index contributed by atoms with van der Waals surface area (Å²) in [5.74, 6) is -1.22. The normalized spacial score (nSPS) is 20.6. The highest BCUT2D eigenvalue weighted by Crippen LogP contribution is 2.17. The lowest BCUT2D eigenvalue weighted by Crippen LogP contribution is -2.55. The van der Waals surface area contributed by atoms with Crippen LogP contribution in [0.1, 0.15) is 26.2 Å². The molecule has 108 valence electrons. The number of carboxylic acid groups (broad SMARTS) is 1. The summed E-state index contributed by atoms with van der Waals surface area (Å²) >= 11 is 0. The van der Waals surface area contributed by atoms with Crippen LogP contribution in [-0.4, -0.2) is 65.5 Å². The Kier molecular flexibility index (Phi) is 5.14. The van der Waals surface area contributed by atoms with E-state index in [-0.39, 0.29) is 5.91 Å². The average Bonchev–Trinajstić information content (AvgIpc) is 2.37. The third-order valence-electron chi connectivity index (χ3n) is 3.20. The number of piperidine rings is 1. The van der Waals surface area contributed by atoms with Crippen LogP contribution in [0.25, 0.3) is 0 Å². The van der Waals surface area contributed by atoms with Crippen LogP contribution in [0, 0.1) is 0 Å². The molecule has 0 aromatic carbocycles. The van der Waals surface area contributed by atoms with Crippen LogP contribution in [0.3, 0.4) is 0 Å². The van der Waals surface area contributed by atoms with Crippen LogP contribution >= 0.6 is 0 Å². The Hall–Kier alpha value is -1.79. The van der Waals surface area contributed by atoms with Gasteiger partial charge >= 0.3 is 12.0 Å². The van der Waals surface area contributed by atoms with Gasteiger partial charge in [0.25, 0.3) is 0 Å². The van der Waals surface area contributed by atoms with Crippen molar-refractivity contribution in [2.24, 2.45) is 0 Å². The van der Waals surface area contributed by atoms with E-state index in [0.29, 0.717) is 13.0 Å². The minimum absolute atomic E-state index is 0.225. The van der Waals surface area contributed by atoms with Gasteiger partial charge < -0.3 is 20.2 Å². The third-order valence-corrected chi connectivity index (χ3v) is 3.20. The number of likely N-dealkylation sites (tertiary alicyclic amines) is 1. The van der Waals surface area contributed by atoms with Gasteiger partial charge in [-0.25, -0.2) is 9.59 Å². The number of rotatable bonds is 3. The Morgan fingerprint density at radius 2 is 1.95 bits per heavy atom. The highest BCUT2D eigenvalue weighted by atomic mass is 16.4. The summed E-state index contributed by atoms with van der Waals surface area (Å²) in [6, 6.07) is -1.95. The number of nitrogens with zero attached hydrogens (tertiary/aromatic N) is 2. The van der Waals surface area contributed by atoms with Gasteiger partial charge in [0.2, 0.25) is 5.91 Å². The van der Waals surface area contributed by atoms with Crippen LogP contribution in [0.2, 0.25) is 0 Å². The molecule has 0 aromatic rings. The number of carboxylic acids is 1. The van der Waals surface area contributed by atoms with Crippen LogP contribution in [-0.2, 0) is 9.59 Å². The fourth-order valence-electron chi connectivity index (χ4n) is 2.15. The average molecular weight is 271 g/mol. The first kappa shape index (κ1) is 15.3. The van der Waals surface area contributed by atoms with Crippen molar-refractivity contribution in [2.45, 2.75) is 38.3 Å². The van der Waals surface area contributed by atoms with Crippen molar-refractivity contribution >= 4 is 17.9 Å². The van der Waals surface area contributed by atoms with Crippen molar-refractivity contribution in [2.75, 3.05) is 20.6 Å². The van der Waals surface area contributed by atoms with E-state index in [2.05, 4.69) is 5.32 Å². The molecule has 2 N–H and O–H groups in total. The lowest BCUT2D eigenvalue weighted by molar-refractivity contribution is -0.143. The molecule has 1 aliphatic heterocycles.